The van der Waals surface area contributed by atoms with E-state index in [-0.39, 0.29) is 0 Å². The number of nitrogens with zero attached hydrogens (tertiary/aromatic N) is 1. The molecule has 0 amide bonds. The van der Waals surface area contributed by atoms with Gasteiger partial charge >= 0.3 is 0 Å². The lowest BCUT2D eigenvalue weighted by atomic mass is 10.0. The Labute approximate surface area is 91.2 Å². The van der Waals surface area contributed by atoms with E-state index in [2.05, 4.69) is 51.1 Å². The van der Waals surface area contributed by atoms with Crippen molar-refractivity contribution in [3.8, 4) is 0 Å². The number of rotatable bonds is 2. The molecule has 1 heteroatoms. The molecular weight excluding hydrogens is 182 g/mol. The topological polar surface area (TPSA) is 12.9 Å². The molecule has 78 valence electrons. The summed E-state index contributed by atoms with van der Waals surface area (Å²) in [4.78, 5) is 4.72. The van der Waals surface area contributed by atoms with Crippen molar-refractivity contribution in [3.63, 3.8) is 0 Å². The summed E-state index contributed by atoms with van der Waals surface area (Å²) < 4.78 is 0. The summed E-state index contributed by atoms with van der Waals surface area (Å²) in [6, 6.07) is 10.7. The van der Waals surface area contributed by atoms with Gasteiger partial charge in [-0.05, 0) is 23.8 Å². The van der Waals surface area contributed by atoms with Gasteiger partial charge in [-0.25, -0.2) is 0 Å². The van der Waals surface area contributed by atoms with Crippen molar-refractivity contribution in [2.45, 2.75) is 33.1 Å². The van der Waals surface area contributed by atoms with Crippen LogP contribution in [0, 0.1) is 0 Å². The Kier molecular flexibility index (Phi) is 2.72. The molecule has 0 fully saturated rings. The van der Waals surface area contributed by atoms with Gasteiger partial charge in [-0.2, -0.15) is 0 Å². The number of benzene rings is 1. The lowest BCUT2D eigenvalue weighted by Gasteiger charge is -2.10. The van der Waals surface area contributed by atoms with Gasteiger partial charge in [0.15, 0.2) is 0 Å². The van der Waals surface area contributed by atoms with Gasteiger partial charge in [-0.3, -0.25) is 4.98 Å². The van der Waals surface area contributed by atoms with E-state index >= 15 is 0 Å². The Morgan fingerprint density at radius 3 is 2.60 bits per heavy atom. The van der Waals surface area contributed by atoms with Crippen LogP contribution in [0.3, 0.4) is 0 Å². The zero-order valence-electron chi connectivity index (χ0n) is 9.62. The van der Waals surface area contributed by atoms with Crippen LogP contribution < -0.4 is 0 Å². The second-order valence-corrected chi connectivity index (χ2v) is 4.22. The Hall–Kier alpha value is -1.37. The van der Waals surface area contributed by atoms with Gasteiger partial charge in [0.2, 0.25) is 0 Å². The summed E-state index contributed by atoms with van der Waals surface area (Å²) >= 11 is 0. The zero-order valence-corrected chi connectivity index (χ0v) is 9.62. The van der Waals surface area contributed by atoms with Crippen molar-refractivity contribution in [2.75, 3.05) is 0 Å². The largest absolute Gasteiger partial charge is 0.257 e. The Balaban J connectivity index is 2.71. The van der Waals surface area contributed by atoms with Crippen molar-refractivity contribution >= 4 is 10.8 Å². The van der Waals surface area contributed by atoms with E-state index in [1.165, 1.54) is 22.2 Å². The summed E-state index contributed by atoms with van der Waals surface area (Å²) in [5.41, 5.74) is 2.42. The molecule has 0 aliphatic heterocycles. The Bertz CT molecular complexity index is 472. The van der Waals surface area contributed by atoms with Crippen molar-refractivity contribution in [2.24, 2.45) is 0 Å². The van der Waals surface area contributed by atoms with Gasteiger partial charge in [-0.1, -0.05) is 45.0 Å². The average molecular weight is 199 g/mol. The van der Waals surface area contributed by atoms with E-state index in [1.807, 2.05) is 0 Å². The van der Waals surface area contributed by atoms with Crippen LogP contribution in [-0.2, 0) is 6.42 Å². The fourth-order valence-corrected chi connectivity index (χ4v) is 1.86. The summed E-state index contributed by atoms with van der Waals surface area (Å²) in [7, 11) is 0. The highest BCUT2D eigenvalue weighted by Crippen LogP contribution is 2.22. The van der Waals surface area contributed by atoms with Crippen LogP contribution in [0.25, 0.3) is 10.8 Å². The first-order chi connectivity index (χ1) is 7.22. The molecule has 1 heterocycles. The molecule has 0 atom stereocenters. The molecule has 0 bridgehead atoms. The molecule has 2 rings (SSSR count). The standard InChI is InChI=1S/C14H17N/c1-4-13-12-8-6-5-7-11(12)9-14(15-13)10(2)3/h5-10H,4H2,1-3H3. The van der Waals surface area contributed by atoms with Crippen molar-refractivity contribution < 1.29 is 0 Å². The van der Waals surface area contributed by atoms with Crippen LogP contribution in [0.4, 0.5) is 0 Å². The smallest absolute Gasteiger partial charge is 0.0482 e. The number of aryl methyl sites for hydroxylation is 1. The predicted molar refractivity (Wildman–Crippen MR) is 65.2 cm³/mol. The predicted octanol–water partition coefficient (Wildman–Crippen LogP) is 3.92. The van der Waals surface area contributed by atoms with Gasteiger partial charge in [-0.15, -0.1) is 0 Å². The van der Waals surface area contributed by atoms with E-state index in [4.69, 9.17) is 4.98 Å². The summed E-state index contributed by atoms with van der Waals surface area (Å²) in [5.74, 6) is 0.500. The normalized spacial score (nSPS) is 11.2. The number of fused-ring (bicyclic) bond motifs is 1. The first-order valence-electron chi connectivity index (χ1n) is 5.61. The molecule has 1 aromatic heterocycles. The molecular formula is C14H17N. The van der Waals surface area contributed by atoms with Gasteiger partial charge in [0.1, 0.15) is 0 Å². The minimum Gasteiger partial charge on any atom is -0.257 e. The van der Waals surface area contributed by atoms with Gasteiger partial charge in [0.25, 0.3) is 0 Å². The minimum absolute atomic E-state index is 0.500. The molecule has 1 nitrogen and oxygen atoms in total. The minimum atomic E-state index is 0.500. The lowest BCUT2D eigenvalue weighted by molar-refractivity contribution is 0.812. The zero-order chi connectivity index (χ0) is 10.8. The maximum Gasteiger partial charge on any atom is 0.0482 e. The molecule has 0 saturated heterocycles. The Morgan fingerprint density at radius 1 is 1.20 bits per heavy atom. The SMILES string of the molecule is CCc1nc(C(C)C)cc2ccccc12. The molecule has 0 radical (unpaired) electrons. The van der Waals surface area contributed by atoms with Gasteiger partial charge in [0, 0.05) is 16.8 Å². The molecule has 0 spiro atoms. The highest BCUT2D eigenvalue weighted by atomic mass is 14.7. The van der Waals surface area contributed by atoms with E-state index in [1.54, 1.807) is 0 Å². The third kappa shape index (κ3) is 1.87. The number of pyridine rings is 1. The summed E-state index contributed by atoms with van der Waals surface area (Å²) in [6.45, 7) is 6.55. The fourth-order valence-electron chi connectivity index (χ4n) is 1.86. The third-order valence-electron chi connectivity index (χ3n) is 2.77. The van der Waals surface area contributed by atoms with Crippen LogP contribution in [0.2, 0.25) is 0 Å². The Morgan fingerprint density at radius 2 is 1.93 bits per heavy atom. The average Bonchev–Trinajstić information content (AvgIpc) is 2.27. The van der Waals surface area contributed by atoms with Crippen LogP contribution in [0.15, 0.2) is 30.3 Å². The third-order valence-corrected chi connectivity index (χ3v) is 2.77. The van der Waals surface area contributed by atoms with E-state index in [0.717, 1.165) is 6.42 Å². The second-order valence-electron chi connectivity index (χ2n) is 4.22. The molecule has 2 aromatic rings. The van der Waals surface area contributed by atoms with Crippen molar-refractivity contribution in [1.29, 1.82) is 0 Å². The highest BCUT2D eigenvalue weighted by molar-refractivity contribution is 5.84. The highest BCUT2D eigenvalue weighted by Gasteiger charge is 2.06. The molecule has 0 aliphatic carbocycles. The maximum absolute atomic E-state index is 4.72. The number of hydrogen-bond acceptors (Lipinski definition) is 1. The molecule has 0 saturated carbocycles. The van der Waals surface area contributed by atoms with E-state index in [9.17, 15) is 0 Å². The van der Waals surface area contributed by atoms with Gasteiger partial charge in [0.05, 0.1) is 0 Å². The first kappa shape index (κ1) is 10.2. The summed E-state index contributed by atoms with van der Waals surface area (Å²) in [5, 5.41) is 2.61. The monoisotopic (exact) mass is 199 g/mol. The van der Waals surface area contributed by atoms with E-state index < -0.39 is 0 Å². The fraction of sp³-hybridized carbons (Fsp3) is 0.357. The molecule has 0 unspecified atom stereocenters. The quantitative estimate of drug-likeness (QED) is 0.714. The van der Waals surface area contributed by atoms with Gasteiger partial charge < -0.3 is 0 Å². The van der Waals surface area contributed by atoms with Crippen molar-refractivity contribution in [3.05, 3.63) is 41.7 Å². The second kappa shape index (κ2) is 4.01. The maximum atomic E-state index is 4.72. The molecule has 15 heavy (non-hydrogen) atoms. The number of hydrogen-bond donors (Lipinski definition) is 0. The van der Waals surface area contributed by atoms with E-state index in [0.29, 0.717) is 5.92 Å². The first-order valence-corrected chi connectivity index (χ1v) is 5.61. The van der Waals surface area contributed by atoms with Crippen LogP contribution >= 0.6 is 0 Å². The molecule has 0 N–H and O–H groups in total. The lowest BCUT2D eigenvalue weighted by Crippen LogP contribution is -1.97. The van der Waals surface area contributed by atoms with Crippen LogP contribution in [0.1, 0.15) is 38.1 Å². The van der Waals surface area contributed by atoms with Crippen molar-refractivity contribution in [1.82, 2.24) is 4.98 Å². The number of aromatic nitrogens is 1. The van der Waals surface area contributed by atoms with Crippen LogP contribution in [-0.4, -0.2) is 4.98 Å². The molecule has 0 aliphatic rings. The van der Waals surface area contributed by atoms with Crippen LogP contribution in [0.5, 0.6) is 0 Å². The summed E-state index contributed by atoms with van der Waals surface area (Å²) in [6.07, 6.45) is 1.00. The molecule has 1 aromatic carbocycles.